The fourth-order valence-electron chi connectivity index (χ4n) is 3.63. The fraction of sp³-hybridized carbons (Fsp3) is 0.611. The summed E-state index contributed by atoms with van der Waals surface area (Å²) in [6, 6.07) is 8.12. The maximum Gasteiger partial charge on any atom is 0.317 e. The Hall–Kier alpha value is -1.67. The largest absolute Gasteiger partial charge is 0.491 e. The monoisotopic (exact) mass is 350 g/mol. The first-order valence-corrected chi connectivity index (χ1v) is 8.72. The van der Waals surface area contributed by atoms with Crippen LogP contribution in [0.15, 0.2) is 24.3 Å². The van der Waals surface area contributed by atoms with Gasteiger partial charge in [0.05, 0.1) is 26.4 Å². The van der Waals surface area contributed by atoms with Crippen LogP contribution in [0, 0.1) is 5.92 Å². The average Bonchev–Trinajstić information content (AvgIpc) is 2.83. The van der Waals surface area contributed by atoms with E-state index in [0.29, 0.717) is 25.7 Å². The van der Waals surface area contributed by atoms with Crippen LogP contribution in [0.2, 0.25) is 0 Å². The summed E-state index contributed by atoms with van der Waals surface area (Å²) in [6.45, 7) is 4.96. The minimum absolute atomic E-state index is 0.00540. The van der Waals surface area contributed by atoms with Crippen LogP contribution in [0.1, 0.15) is 5.56 Å². The summed E-state index contributed by atoms with van der Waals surface area (Å²) >= 11 is 0. The lowest BCUT2D eigenvalue weighted by Gasteiger charge is -2.30. The summed E-state index contributed by atoms with van der Waals surface area (Å²) in [5.41, 5.74) is 1.19. The molecule has 1 aromatic carbocycles. The molecule has 2 bridgehead atoms. The van der Waals surface area contributed by atoms with E-state index in [-0.39, 0.29) is 19.2 Å². The Morgan fingerprint density at radius 2 is 2.00 bits per heavy atom. The number of carbonyl (C=O) groups is 1. The lowest BCUT2D eigenvalue weighted by molar-refractivity contribution is -0.138. The van der Waals surface area contributed by atoms with Gasteiger partial charge in [0.1, 0.15) is 12.4 Å². The van der Waals surface area contributed by atoms with Crippen LogP contribution in [0.5, 0.6) is 5.75 Å². The lowest BCUT2D eigenvalue weighted by atomic mass is 10.1. The second-order valence-corrected chi connectivity index (χ2v) is 6.79. The number of benzene rings is 1. The standard InChI is InChI=1S/C18H26N2O5/c21-5-6-25-17-3-1-14(2-4-17)8-20-9-15-7-19(11-18(22)23)10-16(20)13-24-12-15/h1-4,15-16,21H,5-13H2,(H,22,23)/t15-,16-/m0/s1. The third kappa shape index (κ3) is 5.15. The molecular formula is C18H26N2O5. The second-order valence-electron chi connectivity index (χ2n) is 6.79. The van der Waals surface area contributed by atoms with Gasteiger partial charge < -0.3 is 19.7 Å². The molecule has 0 aromatic heterocycles. The lowest BCUT2D eigenvalue weighted by Crippen LogP contribution is -2.44. The van der Waals surface area contributed by atoms with E-state index in [1.165, 1.54) is 5.56 Å². The number of carboxylic acid groups (broad SMARTS) is 1. The third-order valence-corrected chi connectivity index (χ3v) is 4.69. The zero-order valence-electron chi connectivity index (χ0n) is 14.3. The normalized spacial score (nSPS) is 24.7. The molecular weight excluding hydrogens is 324 g/mol. The summed E-state index contributed by atoms with van der Waals surface area (Å²) in [5, 5.41) is 17.9. The SMILES string of the molecule is O=C(O)CN1C[C@@H]2COC[C@H](C1)N(Cc1ccc(OCCO)cc1)C2. The molecule has 0 amide bonds. The van der Waals surface area contributed by atoms with Gasteiger partial charge in [-0.25, -0.2) is 0 Å². The van der Waals surface area contributed by atoms with Crippen LogP contribution in [-0.2, 0) is 16.1 Å². The Morgan fingerprint density at radius 3 is 2.72 bits per heavy atom. The molecule has 2 N–H and O–H groups in total. The highest BCUT2D eigenvalue weighted by Gasteiger charge is 2.33. The van der Waals surface area contributed by atoms with Crippen molar-refractivity contribution in [2.24, 2.45) is 5.92 Å². The van der Waals surface area contributed by atoms with E-state index in [4.69, 9.17) is 19.7 Å². The molecule has 2 saturated heterocycles. The number of carboxylic acids is 1. The summed E-state index contributed by atoms with van der Waals surface area (Å²) in [5.74, 6) is 0.313. The van der Waals surface area contributed by atoms with Crippen molar-refractivity contribution in [2.75, 3.05) is 52.6 Å². The maximum atomic E-state index is 11.1. The third-order valence-electron chi connectivity index (χ3n) is 4.69. The number of fused-ring (bicyclic) bond motifs is 3. The summed E-state index contributed by atoms with van der Waals surface area (Å²) in [7, 11) is 0. The molecule has 0 unspecified atom stereocenters. The van der Waals surface area contributed by atoms with Crippen LogP contribution in [0.4, 0.5) is 0 Å². The number of aliphatic carboxylic acids is 1. The van der Waals surface area contributed by atoms with E-state index < -0.39 is 5.97 Å². The number of aliphatic hydroxyl groups excluding tert-OH is 1. The van der Waals surface area contributed by atoms with Gasteiger partial charge in [-0.15, -0.1) is 0 Å². The number of hydrogen-bond acceptors (Lipinski definition) is 6. The van der Waals surface area contributed by atoms with Gasteiger partial charge in [-0.05, 0) is 17.7 Å². The Balaban J connectivity index is 1.64. The Labute approximate surface area is 147 Å². The summed E-state index contributed by atoms with van der Waals surface area (Å²) in [4.78, 5) is 15.5. The highest BCUT2D eigenvalue weighted by Crippen LogP contribution is 2.22. The zero-order valence-corrected chi connectivity index (χ0v) is 14.3. The van der Waals surface area contributed by atoms with Crippen molar-refractivity contribution in [1.82, 2.24) is 9.80 Å². The first kappa shape index (κ1) is 18.1. The van der Waals surface area contributed by atoms with Crippen molar-refractivity contribution < 1.29 is 24.5 Å². The Bertz CT molecular complexity index is 565. The molecule has 0 saturated carbocycles. The summed E-state index contributed by atoms with van der Waals surface area (Å²) in [6.07, 6.45) is 0. The zero-order chi connectivity index (χ0) is 17.6. The molecule has 0 aliphatic carbocycles. The van der Waals surface area contributed by atoms with Gasteiger partial charge in [-0.3, -0.25) is 14.6 Å². The molecule has 2 fully saturated rings. The smallest absolute Gasteiger partial charge is 0.317 e. The molecule has 2 atom stereocenters. The van der Waals surface area contributed by atoms with E-state index in [1.54, 1.807) is 0 Å². The molecule has 7 heteroatoms. The van der Waals surface area contributed by atoms with E-state index in [1.807, 2.05) is 29.2 Å². The Kier molecular flexibility index (Phi) is 6.25. The van der Waals surface area contributed by atoms with Crippen LogP contribution >= 0.6 is 0 Å². The van der Waals surface area contributed by atoms with E-state index >= 15 is 0 Å². The Morgan fingerprint density at radius 1 is 1.20 bits per heavy atom. The molecule has 0 spiro atoms. The first-order valence-electron chi connectivity index (χ1n) is 8.72. The molecule has 7 nitrogen and oxygen atoms in total. The molecule has 3 rings (SSSR count). The molecule has 2 aliphatic rings. The van der Waals surface area contributed by atoms with Crippen molar-refractivity contribution >= 4 is 5.97 Å². The van der Waals surface area contributed by atoms with Crippen molar-refractivity contribution in [2.45, 2.75) is 12.6 Å². The van der Waals surface area contributed by atoms with Gasteiger partial charge >= 0.3 is 5.97 Å². The predicted octanol–water partition coefficient (Wildman–Crippen LogP) is 0.275. The number of rotatable bonds is 7. The van der Waals surface area contributed by atoms with Crippen LogP contribution < -0.4 is 4.74 Å². The minimum Gasteiger partial charge on any atom is -0.491 e. The number of aliphatic hydroxyl groups is 1. The van der Waals surface area contributed by atoms with Gasteiger partial charge in [-0.1, -0.05) is 12.1 Å². The van der Waals surface area contributed by atoms with Crippen LogP contribution in [0.25, 0.3) is 0 Å². The molecule has 25 heavy (non-hydrogen) atoms. The predicted molar refractivity (Wildman–Crippen MR) is 91.6 cm³/mol. The van der Waals surface area contributed by atoms with E-state index in [0.717, 1.165) is 31.9 Å². The number of nitrogens with zero attached hydrogens (tertiary/aromatic N) is 2. The molecule has 1 aromatic rings. The van der Waals surface area contributed by atoms with E-state index in [9.17, 15) is 4.79 Å². The number of ether oxygens (including phenoxy) is 2. The van der Waals surface area contributed by atoms with Gasteiger partial charge in [-0.2, -0.15) is 0 Å². The molecule has 2 heterocycles. The summed E-state index contributed by atoms with van der Waals surface area (Å²) < 4.78 is 11.2. The van der Waals surface area contributed by atoms with Crippen LogP contribution in [-0.4, -0.2) is 84.6 Å². The highest BCUT2D eigenvalue weighted by atomic mass is 16.5. The van der Waals surface area contributed by atoms with Gasteiger partial charge in [0.25, 0.3) is 0 Å². The second kappa shape index (κ2) is 8.62. The first-order chi connectivity index (χ1) is 12.1. The maximum absolute atomic E-state index is 11.1. The van der Waals surface area contributed by atoms with Gasteiger partial charge in [0.15, 0.2) is 0 Å². The molecule has 0 radical (unpaired) electrons. The quantitative estimate of drug-likeness (QED) is 0.731. The van der Waals surface area contributed by atoms with Crippen molar-refractivity contribution in [3.05, 3.63) is 29.8 Å². The fourth-order valence-corrected chi connectivity index (χ4v) is 3.63. The number of hydrogen-bond donors (Lipinski definition) is 2. The minimum atomic E-state index is -0.772. The molecule has 138 valence electrons. The molecule has 2 aliphatic heterocycles. The van der Waals surface area contributed by atoms with Gasteiger partial charge in [0.2, 0.25) is 0 Å². The topological polar surface area (TPSA) is 82.5 Å². The van der Waals surface area contributed by atoms with Crippen molar-refractivity contribution in [3.63, 3.8) is 0 Å². The average molecular weight is 350 g/mol. The highest BCUT2D eigenvalue weighted by molar-refractivity contribution is 5.69. The van der Waals surface area contributed by atoms with Crippen LogP contribution in [0.3, 0.4) is 0 Å². The van der Waals surface area contributed by atoms with E-state index in [2.05, 4.69) is 4.90 Å². The van der Waals surface area contributed by atoms with Crippen molar-refractivity contribution in [1.29, 1.82) is 0 Å². The van der Waals surface area contributed by atoms with Crippen molar-refractivity contribution in [3.8, 4) is 5.75 Å². The van der Waals surface area contributed by atoms with Gasteiger partial charge in [0, 0.05) is 38.1 Å².